The van der Waals surface area contributed by atoms with Gasteiger partial charge in [-0.05, 0) is 56.4 Å². The first-order valence-electron chi connectivity index (χ1n) is 12.9. The van der Waals surface area contributed by atoms with E-state index in [0.717, 1.165) is 30.8 Å². The van der Waals surface area contributed by atoms with E-state index in [9.17, 15) is 9.59 Å². The second-order valence-electron chi connectivity index (χ2n) is 10.3. The average molecular weight is 509 g/mol. The van der Waals surface area contributed by atoms with Gasteiger partial charge >= 0.3 is 6.03 Å². The summed E-state index contributed by atoms with van der Waals surface area (Å²) in [5.74, 6) is -1.67. The number of piperidine rings is 1. The molecule has 194 valence electrons. The number of urea groups is 1. The van der Waals surface area contributed by atoms with Gasteiger partial charge in [0.05, 0.1) is 18.0 Å². The highest BCUT2D eigenvalue weighted by Gasteiger charge is 2.35. The SMILES string of the molecule is O=C(NC1CN(c2cc(F)c(C3CCC(=C4CCC4)NC3=O)c(F)c2)C1)NC1CN(c2ccccn2)C1. The quantitative estimate of drug-likeness (QED) is 0.578. The molecule has 1 aliphatic carbocycles. The lowest BCUT2D eigenvalue weighted by atomic mass is 9.83. The summed E-state index contributed by atoms with van der Waals surface area (Å²) >= 11 is 0. The lowest BCUT2D eigenvalue weighted by Crippen LogP contribution is -2.65. The molecule has 0 bridgehead atoms. The minimum Gasteiger partial charge on any atom is -0.367 e. The molecule has 10 heteroatoms. The van der Waals surface area contributed by atoms with Gasteiger partial charge in [-0.2, -0.15) is 0 Å². The maximum atomic E-state index is 15.0. The molecule has 2 aromatic rings. The van der Waals surface area contributed by atoms with Crippen molar-refractivity contribution in [3.8, 4) is 0 Å². The molecule has 0 spiro atoms. The number of benzene rings is 1. The van der Waals surface area contributed by atoms with Crippen LogP contribution in [0.3, 0.4) is 0 Å². The number of hydrogen-bond acceptors (Lipinski definition) is 5. The number of carbonyl (C=O) groups is 2. The van der Waals surface area contributed by atoms with Crippen LogP contribution in [0.2, 0.25) is 0 Å². The molecular formula is C27H30F2N6O2. The highest BCUT2D eigenvalue weighted by molar-refractivity contribution is 5.86. The highest BCUT2D eigenvalue weighted by atomic mass is 19.1. The van der Waals surface area contributed by atoms with Crippen molar-refractivity contribution in [2.75, 3.05) is 36.0 Å². The Hall–Kier alpha value is -3.69. The Morgan fingerprint density at radius 3 is 2.22 bits per heavy atom. The van der Waals surface area contributed by atoms with Gasteiger partial charge in [-0.1, -0.05) is 11.6 Å². The second kappa shape index (κ2) is 9.64. The minimum absolute atomic E-state index is 0.0481. The fourth-order valence-corrected chi connectivity index (χ4v) is 5.49. The Labute approximate surface area is 214 Å². The van der Waals surface area contributed by atoms with Crippen LogP contribution in [0.1, 0.15) is 43.6 Å². The van der Waals surface area contributed by atoms with E-state index in [1.807, 2.05) is 23.1 Å². The average Bonchev–Trinajstić information content (AvgIpc) is 2.78. The summed E-state index contributed by atoms with van der Waals surface area (Å²) < 4.78 is 30.1. The van der Waals surface area contributed by atoms with Gasteiger partial charge in [0, 0.05) is 49.3 Å². The van der Waals surface area contributed by atoms with E-state index in [2.05, 4.69) is 25.8 Å². The molecule has 4 aliphatic rings. The van der Waals surface area contributed by atoms with Gasteiger partial charge in [-0.15, -0.1) is 0 Å². The normalized spacial score (nSPS) is 22.1. The topological polar surface area (TPSA) is 89.6 Å². The highest BCUT2D eigenvalue weighted by Crippen LogP contribution is 2.37. The fraction of sp³-hybridized carbons (Fsp3) is 0.444. The molecule has 6 rings (SSSR count). The number of nitrogens with one attached hydrogen (secondary N) is 3. The second-order valence-corrected chi connectivity index (χ2v) is 10.3. The Kier molecular flexibility index (Phi) is 6.18. The van der Waals surface area contributed by atoms with E-state index in [1.54, 1.807) is 6.20 Å². The number of allylic oxidation sites excluding steroid dienone is 2. The molecule has 3 saturated heterocycles. The molecular weight excluding hydrogens is 478 g/mol. The van der Waals surface area contributed by atoms with Crippen LogP contribution < -0.4 is 25.8 Å². The predicted octanol–water partition coefficient (Wildman–Crippen LogP) is 3.17. The summed E-state index contributed by atoms with van der Waals surface area (Å²) in [4.78, 5) is 33.2. The van der Waals surface area contributed by atoms with Crippen molar-refractivity contribution in [2.24, 2.45) is 0 Å². The van der Waals surface area contributed by atoms with Crippen molar-refractivity contribution in [1.82, 2.24) is 20.9 Å². The van der Waals surface area contributed by atoms with Crippen LogP contribution in [-0.2, 0) is 4.79 Å². The zero-order chi connectivity index (χ0) is 25.5. The van der Waals surface area contributed by atoms with Crippen LogP contribution >= 0.6 is 0 Å². The van der Waals surface area contributed by atoms with Crippen LogP contribution in [0, 0.1) is 11.6 Å². The predicted molar refractivity (Wildman–Crippen MR) is 135 cm³/mol. The van der Waals surface area contributed by atoms with E-state index in [4.69, 9.17) is 0 Å². The van der Waals surface area contributed by atoms with E-state index >= 15 is 8.78 Å². The van der Waals surface area contributed by atoms with Crippen molar-refractivity contribution >= 4 is 23.4 Å². The molecule has 3 aliphatic heterocycles. The van der Waals surface area contributed by atoms with E-state index in [-0.39, 0.29) is 29.6 Å². The van der Waals surface area contributed by atoms with Gasteiger partial charge in [0.1, 0.15) is 17.5 Å². The van der Waals surface area contributed by atoms with Gasteiger partial charge < -0.3 is 25.8 Å². The van der Waals surface area contributed by atoms with Crippen molar-refractivity contribution in [3.05, 3.63) is 65.0 Å². The number of halogens is 2. The molecule has 37 heavy (non-hydrogen) atoms. The van der Waals surface area contributed by atoms with Crippen LogP contribution in [0.25, 0.3) is 0 Å². The monoisotopic (exact) mass is 508 g/mol. The molecule has 1 atom stereocenters. The first-order chi connectivity index (χ1) is 17.9. The van der Waals surface area contributed by atoms with Crippen LogP contribution in [0.15, 0.2) is 47.8 Å². The molecule has 4 heterocycles. The summed E-state index contributed by atoms with van der Waals surface area (Å²) in [7, 11) is 0. The number of hydrogen-bond donors (Lipinski definition) is 3. The number of anilines is 2. The molecule has 1 aromatic carbocycles. The smallest absolute Gasteiger partial charge is 0.315 e. The third-order valence-corrected chi connectivity index (χ3v) is 7.84. The van der Waals surface area contributed by atoms with Gasteiger partial charge in [0.2, 0.25) is 5.91 Å². The van der Waals surface area contributed by atoms with Crippen molar-refractivity contribution in [1.29, 1.82) is 0 Å². The molecule has 0 radical (unpaired) electrons. The molecule has 1 saturated carbocycles. The number of nitrogens with zero attached hydrogens (tertiary/aromatic N) is 3. The van der Waals surface area contributed by atoms with E-state index < -0.39 is 17.6 Å². The molecule has 4 fully saturated rings. The van der Waals surface area contributed by atoms with Crippen molar-refractivity contribution in [3.63, 3.8) is 0 Å². The van der Waals surface area contributed by atoms with Crippen molar-refractivity contribution in [2.45, 2.75) is 50.1 Å². The number of rotatable bonds is 5. The number of amides is 3. The maximum absolute atomic E-state index is 15.0. The summed E-state index contributed by atoms with van der Waals surface area (Å²) in [6.07, 6.45) is 5.91. The summed E-state index contributed by atoms with van der Waals surface area (Å²) in [6, 6.07) is 8.01. The zero-order valence-corrected chi connectivity index (χ0v) is 20.5. The van der Waals surface area contributed by atoms with E-state index in [1.165, 1.54) is 17.7 Å². The Morgan fingerprint density at radius 1 is 0.973 bits per heavy atom. The van der Waals surface area contributed by atoms with Crippen LogP contribution in [-0.4, -0.2) is 55.2 Å². The summed E-state index contributed by atoms with van der Waals surface area (Å²) in [5, 5.41) is 8.76. The number of aromatic nitrogens is 1. The first-order valence-corrected chi connectivity index (χ1v) is 12.9. The largest absolute Gasteiger partial charge is 0.367 e. The van der Waals surface area contributed by atoms with Gasteiger partial charge in [-0.25, -0.2) is 18.6 Å². The van der Waals surface area contributed by atoms with Gasteiger partial charge in [0.15, 0.2) is 0 Å². The van der Waals surface area contributed by atoms with Crippen LogP contribution in [0.4, 0.5) is 25.1 Å². The minimum atomic E-state index is -0.826. The molecule has 3 amide bonds. The Morgan fingerprint density at radius 2 is 1.65 bits per heavy atom. The van der Waals surface area contributed by atoms with Crippen LogP contribution in [0.5, 0.6) is 0 Å². The van der Waals surface area contributed by atoms with Crippen molar-refractivity contribution < 1.29 is 18.4 Å². The maximum Gasteiger partial charge on any atom is 0.315 e. The standard InChI is InChI=1S/C27H30F2N6O2/c28-21-10-19(11-22(29)25(21)20-7-8-23(33-26(20)36)16-4-3-5-16)34-12-17(13-34)31-27(37)32-18-14-35(15-18)24-6-1-2-9-30-24/h1-2,6,9-11,17-18,20H,3-5,7-8,12-15H2,(H,33,36)(H2,31,32,37). The third kappa shape index (κ3) is 4.72. The Bertz CT molecular complexity index is 1210. The Balaban J connectivity index is 0.991. The number of carbonyl (C=O) groups excluding carboxylic acids is 2. The lowest BCUT2D eigenvalue weighted by Gasteiger charge is -2.43. The van der Waals surface area contributed by atoms with Gasteiger partial charge in [-0.3, -0.25) is 4.79 Å². The molecule has 1 unspecified atom stereocenters. The summed E-state index contributed by atoms with van der Waals surface area (Å²) in [6.45, 7) is 2.31. The van der Waals surface area contributed by atoms with Gasteiger partial charge in [0.25, 0.3) is 0 Å². The molecule has 8 nitrogen and oxygen atoms in total. The first kappa shape index (κ1) is 23.7. The zero-order valence-electron chi connectivity index (χ0n) is 20.5. The third-order valence-electron chi connectivity index (χ3n) is 7.84. The molecule has 3 N–H and O–H groups in total. The molecule has 1 aromatic heterocycles. The number of pyridine rings is 1. The lowest BCUT2D eigenvalue weighted by molar-refractivity contribution is -0.123. The fourth-order valence-electron chi connectivity index (χ4n) is 5.49. The summed E-state index contributed by atoms with van der Waals surface area (Å²) in [5.41, 5.74) is 2.46. The van der Waals surface area contributed by atoms with E-state index in [0.29, 0.717) is 44.7 Å².